The van der Waals surface area contributed by atoms with Crippen molar-refractivity contribution in [3.05, 3.63) is 42.9 Å². The second kappa shape index (κ2) is 5.41. The van der Waals surface area contributed by atoms with Crippen molar-refractivity contribution in [1.29, 1.82) is 0 Å². The molecule has 0 aliphatic heterocycles. The molecule has 8 nitrogen and oxygen atoms in total. The zero-order chi connectivity index (χ0) is 13.9. The number of carboxylic acid groups (broad SMARTS) is 1. The van der Waals surface area contributed by atoms with Gasteiger partial charge in [-0.1, -0.05) is 11.6 Å². The Morgan fingerprint density at radius 2 is 1.78 bits per heavy atom. The molecule has 0 atom stereocenters. The number of aliphatic carboxylic acids is 1. The maximum atomic E-state index is 10.7. The minimum Gasteiger partial charge on any atom is -0.481 e. The third-order valence-electron chi connectivity index (χ3n) is 2.15. The molecule has 0 aromatic heterocycles. The second-order valence-corrected chi connectivity index (χ2v) is 3.75. The topological polar surface area (TPSA) is 124 Å². The molecule has 1 N–H and O–H groups in total. The summed E-state index contributed by atoms with van der Waals surface area (Å²) in [7, 11) is 0. The van der Waals surface area contributed by atoms with E-state index in [0.717, 1.165) is 12.1 Å². The van der Waals surface area contributed by atoms with Crippen molar-refractivity contribution in [2.24, 2.45) is 0 Å². The van der Waals surface area contributed by atoms with Gasteiger partial charge in [0.15, 0.2) is 0 Å². The van der Waals surface area contributed by atoms with Crippen LogP contribution in [0, 0.1) is 20.2 Å². The van der Waals surface area contributed by atoms with Crippen LogP contribution in [0.2, 0.25) is 5.02 Å². The number of nitrogens with zero attached hydrogens (tertiary/aromatic N) is 2. The van der Waals surface area contributed by atoms with E-state index in [2.05, 4.69) is 0 Å². The van der Waals surface area contributed by atoms with Crippen LogP contribution < -0.4 is 0 Å². The first-order valence-corrected chi connectivity index (χ1v) is 5.03. The number of nitro groups is 2. The minimum atomic E-state index is -1.13. The highest BCUT2D eigenvalue weighted by Crippen LogP contribution is 2.32. The summed E-state index contributed by atoms with van der Waals surface area (Å²) in [5.41, 5.74) is -1.03. The highest BCUT2D eigenvalue weighted by Gasteiger charge is 2.23. The van der Waals surface area contributed by atoms with Gasteiger partial charge in [-0.2, -0.15) is 0 Å². The zero-order valence-corrected chi connectivity index (χ0v) is 9.59. The normalized spacial score (nSPS) is 10.1. The number of halogens is 1. The van der Waals surface area contributed by atoms with Gasteiger partial charge in [-0.25, -0.2) is 0 Å². The zero-order valence-electron chi connectivity index (χ0n) is 8.83. The molecule has 0 fully saturated rings. The van der Waals surface area contributed by atoms with Gasteiger partial charge >= 0.3 is 5.97 Å². The Bertz CT molecular complexity index is 530. The van der Waals surface area contributed by atoms with Crippen molar-refractivity contribution >= 4 is 28.9 Å². The minimum absolute atomic E-state index is 0.0537. The van der Waals surface area contributed by atoms with E-state index in [1.54, 1.807) is 0 Å². The average Bonchev–Trinajstić information content (AvgIpc) is 2.25. The largest absolute Gasteiger partial charge is 0.481 e. The fraction of sp³-hybridized carbons (Fsp3) is 0.222. The highest BCUT2D eigenvalue weighted by atomic mass is 35.5. The van der Waals surface area contributed by atoms with E-state index in [1.165, 1.54) is 0 Å². The van der Waals surface area contributed by atoms with Crippen molar-refractivity contribution in [2.75, 3.05) is 0 Å². The first-order valence-electron chi connectivity index (χ1n) is 4.66. The van der Waals surface area contributed by atoms with Crippen molar-refractivity contribution in [3.8, 4) is 0 Å². The van der Waals surface area contributed by atoms with Gasteiger partial charge in [0.25, 0.3) is 11.4 Å². The van der Waals surface area contributed by atoms with E-state index in [-0.39, 0.29) is 23.4 Å². The number of aryl methyl sites for hydroxylation is 1. The highest BCUT2D eigenvalue weighted by molar-refractivity contribution is 6.32. The summed E-state index contributed by atoms with van der Waals surface area (Å²) in [6.07, 6.45) is -0.446. The van der Waals surface area contributed by atoms with Gasteiger partial charge in [0.05, 0.1) is 15.9 Å². The van der Waals surface area contributed by atoms with Gasteiger partial charge in [0.2, 0.25) is 0 Å². The number of benzene rings is 1. The molecule has 18 heavy (non-hydrogen) atoms. The lowest BCUT2D eigenvalue weighted by atomic mass is 10.1. The number of carboxylic acids is 1. The summed E-state index contributed by atoms with van der Waals surface area (Å²) in [6, 6.07) is 1.79. The standard InChI is InChI=1S/C9H7ClN2O6/c10-6-3-5(1-2-9(13)14)7(11(15)16)4-8(6)12(17)18/h3-4H,1-2H2,(H,13,14). The number of nitro benzene ring substituents is 2. The summed E-state index contributed by atoms with van der Waals surface area (Å²) in [5.74, 6) is -1.13. The van der Waals surface area contributed by atoms with Crippen LogP contribution >= 0.6 is 11.6 Å². The molecule has 0 unspecified atom stereocenters. The van der Waals surface area contributed by atoms with Crippen LogP contribution in [0.5, 0.6) is 0 Å². The van der Waals surface area contributed by atoms with Crippen molar-refractivity contribution in [1.82, 2.24) is 0 Å². The van der Waals surface area contributed by atoms with Crippen molar-refractivity contribution in [3.63, 3.8) is 0 Å². The van der Waals surface area contributed by atoms with Crippen molar-refractivity contribution in [2.45, 2.75) is 12.8 Å². The van der Waals surface area contributed by atoms with Crippen molar-refractivity contribution < 1.29 is 19.7 Å². The molecule has 1 aromatic carbocycles. The van der Waals surface area contributed by atoms with Gasteiger partial charge in [-0.15, -0.1) is 0 Å². The molecule has 0 amide bonds. The molecule has 0 radical (unpaired) electrons. The van der Waals surface area contributed by atoms with Crippen LogP contribution in [0.25, 0.3) is 0 Å². The van der Waals surface area contributed by atoms with E-state index in [9.17, 15) is 25.0 Å². The molecular weight excluding hydrogens is 268 g/mol. The van der Waals surface area contributed by atoms with Gasteiger partial charge in [-0.05, 0) is 12.5 Å². The lowest BCUT2D eigenvalue weighted by Crippen LogP contribution is -2.02. The van der Waals surface area contributed by atoms with Crippen LogP contribution in [0.4, 0.5) is 11.4 Å². The Balaban J connectivity index is 3.24. The summed E-state index contributed by atoms with van der Waals surface area (Å²) < 4.78 is 0. The number of rotatable bonds is 5. The van der Waals surface area contributed by atoms with E-state index < -0.39 is 27.2 Å². The van der Waals surface area contributed by atoms with Crippen LogP contribution in [-0.4, -0.2) is 20.9 Å². The number of hydrogen-bond donors (Lipinski definition) is 1. The summed E-state index contributed by atoms with van der Waals surface area (Å²) >= 11 is 5.60. The first kappa shape index (κ1) is 13.8. The van der Waals surface area contributed by atoms with E-state index >= 15 is 0 Å². The molecule has 0 spiro atoms. The van der Waals surface area contributed by atoms with Gasteiger partial charge in [0.1, 0.15) is 5.02 Å². The fourth-order valence-electron chi connectivity index (χ4n) is 1.34. The Hall–Kier alpha value is -2.22. The third kappa shape index (κ3) is 3.14. The Morgan fingerprint density at radius 3 is 2.22 bits per heavy atom. The molecule has 0 saturated heterocycles. The smallest absolute Gasteiger partial charge is 0.303 e. The maximum Gasteiger partial charge on any atom is 0.303 e. The molecule has 0 bridgehead atoms. The van der Waals surface area contributed by atoms with Crippen LogP contribution in [0.3, 0.4) is 0 Å². The Labute approximate surface area is 105 Å². The SMILES string of the molecule is O=C(O)CCc1cc(Cl)c([N+](=O)[O-])cc1[N+](=O)[O-]. The summed E-state index contributed by atoms with van der Waals surface area (Å²) in [4.78, 5) is 30.1. The lowest BCUT2D eigenvalue weighted by Gasteiger charge is -2.03. The third-order valence-corrected chi connectivity index (χ3v) is 2.45. The summed E-state index contributed by atoms with van der Waals surface area (Å²) in [5, 5.41) is 29.6. The molecule has 1 rings (SSSR count). The average molecular weight is 275 g/mol. The first-order chi connectivity index (χ1) is 8.32. The number of carbonyl (C=O) groups is 1. The Morgan fingerprint density at radius 1 is 1.22 bits per heavy atom. The quantitative estimate of drug-likeness (QED) is 0.648. The molecule has 0 aliphatic rings. The van der Waals surface area contributed by atoms with E-state index in [1.807, 2.05) is 0 Å². The predicted octanol–water partition coefficient (Wildman–Crippen LogP) is 2.17. The van der Waals surface area contributed by atoms with Gasteiger partial charge in [-0.3, -0.25) is 25.0 Å². The molecule has 96 valence electrons. The van der Waals surface area contributed by atoms with Crippen LogP contribution in [0.1, 0.15) is 12.0 Å². The molecular formula is C9H7ClN2O6. The fourth-order valence-corrected chi connectivity index (χ4v) is 1.60. The lowest BCUT2D eigenvalue weighted by molar-refractivity contribution is -0.394. The monoisotopic (exact) mass is 274 g/mol. The van der Waals surface area contributed by atoms with E-state index in [0.29, 0.717) is 0 Å². The maximum absolute atomic E-state index is 10.7. The molecule has 9 heteroatoms. The summed E-state index contributed by atoms with van der Waals surface area (Å²) in [6.45, 7) is 0. The number of hydrogen-bond acceptors (Lipinski definition) is 5. The Kier molecular flexibility index (Phi) is 4.16. The predicted molar refractivity (Wildman–Crippen MR) is 60.7 cm³/mol. The van der Waals surface area contributed by atoms with Gasteiger partial charge in [0, 0.05) is 12.0 Å². The van der Waals surface area contributed by atoms with Crippen LogP contribution in [-0.2, 0) is 11.2 Å². The van der Waals surface area contributed by atoms with Gasteiger partial charge < -0.3 is 5.11 Å². The molecule has 0 aliphatic carbocycles. The second-order valence-electron chi connectivity index (χ2n) is 3.34. The molecule has 0 heterocycles. The van der Waals surface area contributed by atoms with Crippen LogP contribution in [0.15, 0.2) is 12.1 Å². The van der Waals surface area contributed by atoms with E-state index in [4.69, 9.17) is 16.7 Å². The molecule has 0 saturated carbocycles. The molecule has 1 aromatic rings.